The molecular formula is C25H30N4O5S. The van der Waals surface area contributed by atoms with E-state index in [4.69, 9.17) is 5.26 Å². The van der Waals surface area contributed by atoms with Crippen LogP contribution in [0.1, 0.15) is 30.5 Å². The number of nitriles is 1. The minimum absolute atomic E-state index is 0.00452. The number of nitrogens with one attached hydrogen (secondary N) is 2. The molecule has 1 saturated heterocycles. The molecule has 1 aliphatic rings. The molecule has 1 unspecified atom stereocenters. The Balaban J connectivity index is 1.70. The zero-order valence-corrected chi connectivity index (χ0v) is 20.5. The van der Waals surface area contributed by atoms with Crippen molar-refractivity contribution in [2.24, 2.45) is 11.8 Å². The summed E-state index contributed by atoms with van der Waals surface area (Å²) in [7, 11) is -3.92. The average Bonchev–Trinajstić information content (AvgIpc) is 3.15. The van der Waals surface area contributed by atoms with Crippen LogP contribution in [0.5, 0.6) is 0 Å². The van der Waals surface area contributed by atoms with E-state index in [9.17, 15) is 23.1 Å². The Morgan fingerprint density at radius 2 is 1.77 bits per heavy atom. The quantitative estimate of drug-likeness (QED) is 0.474. The number of aliphatic hydroxyl groups excluding tert-OH is 1. The number of hydrogen-bond acceptors (Lipinski definition) is 6. The molecule has 2 amide bonds. The maximum atomic E-state index is 13.3. The Morgan fingerprint density at radius 1 is 1.11 bits per heavy atom. The number of hydrogen-bond donors (Lipinski definition) is 3. The largest absolute Gasteiger partial charge is 0.394 e. The summed E-state index contributed by atoms with van der Waals surface area (Å²) in [6.45, 7) is 3.55. The van der Waals surface area contributed by atoms with Gasteiger partial charge in [0.2, 0.25) is 21.8 Å². The molecule has 0 aliphatic carbocycles. The minimum Gasteiger partial charge on any atom is -0.394 e. The van der Waals surface area contributed by atoms with Crippen molar-refractivity contribution in [3.63, 3.8) is 0 Å². The highest BCUT2D eigenvalue weighted by molar-refractivity contribution is 7.88. The zero-order valence-electron chi connectivity index (χ0n) is 19.7. The zero-order chi connectivity index (χ0) is 25.6. The summed E-state index contributed by atoms with van der Waals surface area (Å²) in [5.74, 6) is -1.49. The number of rotatable bonds is 9. The fraction of sp³-hybridized carbons (Fsp3) is 0.400. The lowest BCUT2D eigenvalue weighted by Gasteiger charge is -2.29. The lowest BCUT2D eigenvalue weighted by atomic mass is 9.93. The Hall–Kier alpha value is -3.26. The molecule has 1 fully saturated rings. The van der Waals surface area contributed by atoms with Gasteiger partial charge in [0.1, 0.15) is 12.1 Å². The maximum Gasteiger partial charge on any atom is 0.243 e. The predicted molar refractivity (Wildman–Crippen MR) is 130 cm³/mol. The van der Waals surface area contributed by atoms with Crippen molar-refractivity contribution in [1.29, 1.82) is 5.26 Å². The van der Waals surface area contributed by atoms with Crippen molar-refractivity contribution < 1.29 is 23.1 Å². The number of aliphatic hydroxyl groups is 1. The second-order valence-corrected chi connectivity index (χ2v) is 10.6. The highest BCUT2D eigenvalue weighted by Gasteiger charge is 2.45. The van der Waals surface area contributed by atoms with Gasteiger partial charge in [-0.2, -0.15) is 5.26 Å². The van der Waals surface area contributed by atoms with E-state index >= 15 is 0 Å². The third-order valence-corrected chi connectivity index (χ3v) is 7.68. The molecule has 4 atom stereocenters. The lowest BCUT2D eigenvalue weighted by molar-refractivity contribution is -0.141. The summed E-state index contributed by atoms with van der Waals surface area (Å²) in [6.07, 6.45) is 0. The van der Waals surface area contributed by atoms with E-state index in [0.29, 0.717) is 11.1 Å². The van der Waals surface area contributed by atoms with Crippen LogP contribution >= 0.6 is 0 Å². The van der Waals surface area contributed by atoms with Crippen LogP contribution in [0.3, 0.4) is 0 Å². The van der Waals surface area contributed by atoms with Gasteiger partial charge >= 0.3 is 0 Å². The average molecular weight is 499 g/mol. The number of carbonyl (C=O) groups is 2. The third kappa shape index (κ3) is 6.66. The van der Waals surface area contributed by atoms with Crippen LogP contribution in [0.4, 0.5) is 0 Å². The Bertz CT molecular complexity index is 1180. The smallest absolute Gasteiger partial charge is 0.243 e. The standard InChI is InChI=1S/C25H30N4O5S/c1-17-14-29(23(18(17)2)24(31)27-13-20-10-8-19(12-26)9-11-20)25(32)22(15-30)28-35(33,34)16-21-6-4-3-5-7-21/h3-11,17-18,22-23,28,30H,13-16H2,1-2H3,(H,27,31)/t17?,18-,22+,23-/m0/s1. The molecule has 35 heavy (non-hydrogen) atoms. The number of amides is 2. The summed E-state index contributed by atoms with van der Waals surface area (Å²) >= 11 is 0. The van der Waals surface area contributed by atoms with Gasteiger partial charge in [0.15, 0.2) is 0 Å². The van der Waals surface area contributed by atoms with E-state index in [-0.39, 0.29) is 36.6 Å². The first kappa shape index (κ1) is 26.3. The van der Waals surface area contributed by atoms with Crippen LogP contribution in [0.15, 0.2) is 54.6 Å². The molecule has 9 nitrogen and oxygen atoms in total. The Kier molecular flexibility index (Phi) is 8.62. The molecule has 186 valence electrons. The molecule has 10 heteroatoms. The van der Waals surface area contributed by atoms with Gasteiger partial charge in [0.25, 0.3) is 0 Å². The van der Waals surface area contributed by atoms with E-state index in [1.165, 1.54) is 4.90 Å². The predicted octanol–water partition coefficient (Wildman–Crippen LogP) is 1.14. The van der Waals surface area contributed by atoms with Gasteiger partial charge in [-0.1, -0.05) is 56.3 Å². The summed E-state index contributed by atoms with van der Waals surface area (Å²) in [6, 6.07) is 15.2. The van der Waals surface area contributed by atoms with E-state index in [1.807, 2.05) is 19.9 Å². The summed E-state index contributed by atoms with van der Waals surface area (Å²) < 4.78 is 27.6. The van der Waals surface area contributed by atoms with Gasteiger partial charge in [0.05, 0.1) is 24.0 Å². The molecule has 1 heterocycles. The lowest BCUT2D eigenvalue weighted by Crippen LogP contribution is -2.55. The van der Waals surface area contributed by atoms with Crippen molar-refractivity contribution in [2.45, 2.75) is 38.2 Å². The molecule has 3 N–H and O–H groups in total. The van der Waals surface area contributed by atoms with Crippen molar-refractivity contribution in [2.75, 3.05) is 13.2 Å². The van der Waals surface area contributed by atoms with E-state index in [2.05, 4.69) is 10.0 Å². The molecule has 2 aromatic rings. The first-order valence-corrected chi connectivity index (χ1v) is 13.0. The Labute approximate surface area is 205 Å². The van der Waals surface area contributed by atoms with Gasteiger partial charge in [-0.15, -0.1) is 0 Å². The van der Waals surface area contributed by atoms with Gasteiger partial charge in [0, 0.05) is 13.1 Å². The van der Waals surface area contributed by atoms with Gasteiger partial charge in [-0.25, -0.2) is 13.1 Å². The monoisotopic (exact) mass is 498 g/mol. The fourth-order valence-electron chi connectivity index (χ4n) is 4.20. The molecule has 0 spiro atoms. The Morgan fingerprint density at radius 3 is 2.37 bits per heavy atom. The van der Waals surface area contributed by atoms with Gasteiger partial charge in [-0.3, -0.25) is 9.59 Å². The molecule has 1 aliphatic heterocycles. The normalized spacial score (nSPS) is 20.7. The SMILES string of the molecule is CC1CN(C(=O)[C@@H](CO)NS(=O)(=O)Cc2ccccc2)[C@H](C(=O)NCc2ccc(C#N)cc2)[C@H]1C. The fourth-order valence-corrected chi connectivity index (χ4v) is 5.52. The van der Waals surface area contributed by atoms with E-state index in [1.54, 1.807) is 54.6 Å². The van der Waals surface area contributed by atoms with Crippen LogP contribution in [-0.2, 0) is 31.9 Å². The number of carbonyl (C=O) groups excluding carboxylic acids is 2. The molecule has 2 aromatic carbocycles. The number of benzene rings is 2. The van der Waals surface area contributed by atoms with E-state index < -0.39 is 34.6 Å². The third-order valence-electron chi connectivity index (χ3n) is 6.32. The molecule has 0 saturated carbocycles. The van der Waals surface area contributed by atoms with Gasteiger partial charge < -0.3 is 15.3 Å². The number of likely N-dealkylation sites (tertiary alicyclic amines) is 1. The molecule has 0 bridgehead atoms. The second-order valence-electron chi connectivity index (χ2n) is 8.90. The van der Waals surface area contributed by atoms with Crippen molar-refractivity contribution in [3.05, 3.63) is 71.3 Å². The molecule has 0 radical (unpaired) electrons. The minimum atomic E-state index is -3.92. The first-order valence-electron chi connectivity index (χ1n) is 11.4. The van der Waals surface area contributed by atoms with Crippen LogP contribution in [-0.4, -0.2) is 55.5 Å². The topological polar surface area (TPSA) is 140 Å². The van der Waals surface area contributed by atoms with Crippen LogP contribution < -0.4 is 10.0 Å². The van der Waals surface area contributed by atoms with Crippen LogP contribution in [0, 0.1) is 23.2 Å². The summed E-state index contributed by atoms with van der Waals surface area (Å²) in [4.78, 5) is 27.7. The van der Waals surface area contributed by atoms with Gasteiger partial charge in [-0.05, 0) is 35.1 Å². The highest BCUT2D eigenvalue weighted by Crippen LogP contribution is 2.30. The molecule has 0 aromatic heterocycles. The van der Waals surface area contributed by atoms with Crippen LogP contribution in [0.25, 0.3) is 0 Å². The van der Waals surface area contributed by atoms with Crippen molar-refractivity contribution in [3.8, 4) is 6.07 Å². The van der Waals surface area contributed by atoms with Crippen molar-refractivity contribution >= 4 is 21.8 Å². The highest BCUT2D eigenvalue weighted by atomic mass is 32.2. The van der Waals surface area contributed by atoms with E-state index in [0.717, 1.165) is 5.56 Å². The maximum absolute atomic E-state index is 13.3. The second kappa shape index (κ2) is 11.4. The molecular weight excluding hydrogens is 468 g/mol. The number of sulfonamides is 1. The van der Waals surface area contributed by atoms with Crippen molar-refractivity contribution in [1.82, 2.24) is 14.9 Å². The first-order chi connectivity index (χ1) is 16.6. The summed E-state index contributed by atoms with van der Waals surface area (Å²) in [5, 5.41) is 21.6. The van der Waals surface area contributed by atoms with Crippen LogP contribution in [0.2, 0.25) is 0 Å². The molecule has 3 rings (SSSR count). The number of nitrogens with zero attached hydrogens (tertiary/aromatic N) is 2. The summed E-state index contributed by atoms with van der Waals surface area (Å²) in [5.41, 5.74) is 1.86.